The van der Waals surface area contributed by atoms with Gasteiger partial charge in [0.25, 0.3) is 0 Å². The number of hydrogen-bond donors (Lipinski definition) is 1. The summed E-state index contributed by atoms with van der Waals surface area (Å²) in [7, 11) is 4.33. The average molecular weight is 230 g/mol. The molecule has 0 aliphatic heterocycles. The van der Waals surface area contributed by atoms with Crippen LogP contribution in [0.3, 0.4) is 0 Å². The fraction of sp³-hybridized carbons (Fsp3) is 0.333. The van der Waals surface area contributed by atoms with Crippen LogP contribution >= 0.6 is 0 Å². The zero-order chi connectivity index (χ0) is 12.1. The van der Waals surface area contributed by atoms with E-state index < -0.39 is 0 Å². The smallest absolute Gasteiger partial charge is 0.119 e. The van der Waals surface area contributed by atoms with E-state index in [1.165, 1.54) is 15.7 Å². The van der Waals surface area contributed by atoms with Crippen LogP contribution in [0.4, 0.5) is 0 Å². The Hall–Kier alpha value is -1.54. The van der Waals surface area contributed by atoms with Crippen molar-refractivity contribution < 1.29 is 9.64 Å². The molecule has 2 nitrogen and oxygen atoms in total. The van der Waals surface area contributed by atoms with E-state index >= 15 is 0 Å². The predicted molar refractivity (Wildman–Crippen MR) is 71.7 cm³/mol. The molecule has 17 heavy (non-hydrogen) atoms. The van der Waals surface area contributed by atoms with Crippen molar-refractivity contribution in [2.45, 2.75) is 6.42 Å². The number of quaternary nitrogens is 1. The van der Waals surface area contributed by atoms with E-state index in [0.717, 1.165) is 25.3 Å². The van der Waals surface area contributed by atoms with Crippen LogP contribution in [0.5, 0.6) is 5.75 Å². The minimum absolute atomic E-state index is 0.795. The molecule has 2 heteroatoms. The maximum Gasteiger partial charge on any atom is 0.119 e. The van der Waals surface area contributed by atoms with Crippen molar-refractivity contribution in [1.29, 1.82) is 0 Å². The lowest BCUT2D eigenvalue weighted by atomic mass is 10.1. The van der Waals surface area contributed by atoms with Crippen LogP contribution in [0.1, 0.15) is 6.42 Å². The molecule has 2 aromatic carbocycles. The van der Waals surface area contributed by atoms with Gasteiger partial charge in [0.2, 0.25) is 0 Å². The van der Waals surface area contributed by atoms with Crippen LogP contribution in [-0.4, -0.2) is 27.2 Å². The summed E-state index contributed by atoms with van der Waals surface area (Å²) in [4.78, 5) is 1.46. The Morgan fingerprint density at radius 2 is 1.76 bits per heavy atom. The van der Waals surface area contributed by atoms with Crippen LogP contribution in [0.2, 0.25) is 0 Å². The van der Waals surface area contributed by atoms with Crippen molar-refractivity contribution in [2.75, 3.05) is 27.2 Å². The van der Waals surface area contributed by atoms with E-state index in [2.05, 4.69) is 50.5 Å². The molecule has 0 heterocycles. The SMILES string of the molecule is C[NH+](C)CCCOc1ccc2ccccc2c1. The van der Waals surface area contributed by atoms with E-state index in [4.69, 9.17) is 4.74 Å². The fourth-order valence-corrected chi connectivity index (χ4v) is 1.87. The first-order chi connectivity index (χ1) is 8.25. The largest absolute Gasteiger partial charge is 0.493 e. The van der Waals surface area contributed by atoms with E-state index in [1.807, 2.05) is 6.07 Å². The third-order valence-corrected chi connectivity index (χ3v) is 2.81. The highest BCUT2D eigenvalue weighted by Crippen LogP contribution is 2.20. The molecule has 0 bridgehead atoms. The van der Waals surface area contributed by atoms with Gasteiger partial charge < -0.3 is 9.64 Å². The third kappa shape index (κ3) is 3.46. The van der Waals surface area contributed by atoms with E-state index in [0.29, 0.717) is 0 Å². The lowest BCUT2D eigenvalue weighted by Gasteiger charge is -2.09. The van der Waals surface area contributed by atoms with Gasteiger partial charge in [-0.1, -0.05) is 30.3 Å². The fourth-order valence-electron chi connectivity index (χ4n) is 1.87. The first kappa shape index (κ1) is 11.9. The summed E-state index contributed by atoms with van der Waals surface area (Å²) < 4.78 is 5.75. The second-order valence-corrected chi connectivity index (χ2v) is 4.67. The Bertz CT molecular complexity index is 479. The lowest BCUT2D eigenvalue weighted by molar-refractivity contribution is -0.858. The molecule has 0 amide bonds. The Labute approximate surface area is 103 Å². The first-order valence-electron chi connectivity index (χ1n) is 6.16. The van der Waals surface area contributed by atoms with Gasteiger partial charge in [-0.2, -0.15) is 0 Å². The monoisotopic (exact) mass is 230 g/mol. The molecule has 2 rings (SSSR count). The molecule has 0 saturated heterocycles. The molecule has 1 N–H and O–H groups in total. The zero-order valence-electron chi connectivity index (χ0n) is 10.6. The van der Waals surface area contributed by atoms with Crippen molar-refractivity contribution in [3.63, 3.8) is 0 Å². The van der Waals surface area contributed by atoms with Gasteiger partial charge in [-0.25, -0.2) is 0 Å². The molecule has 0 aliphatic rings. The number of hydrogen-bond acceptors (Lipinski definition) is 1. The quantitative estimate of drug-likeness (QED) is 0.773. The molecule has 0 fully saturated rings. The van der Waals surface area contributed by atoms with Crippen LogP contribution in [-0.2, 0) is 0 Å². The molecule has 0 saturated carbocycles. The highest BCUT2D eigenvalue weighted by atomic mass is 16.5. The molecule has 0 radical (unpaired) electrons. The summed E-state index contributed by atoms with van der Waals surface area (Å²) in [6.45, 7) is 1.94. The summed E-state index contributed by atoms with van der Waals surface area (Å²) in [6.07, 6.45) is 1.09. The molecule has 0 aromatic heterocycles. The van der Waals surface area contributed by atoms with Crippen molar-refractivity contribution in [2.24, 2.45) is 0 Å². The summed E-state index contributed by atoms with van der Waals surface area (Å²) in [5.74, 6) is 0.970. The van der Waals surface area contributed by atoms with E-state index in [-0.39, 0.29) is 0 Å². The van der Waals surface area contributed by atoms with Crippen LogP contribution < -0.4 is 9.64 Å². The predicted octanol–water partition coefficient (Wildman–Crippen LogP) is 1.75. The second kappa shape index (κ2) is 5.69. The third-order valence-electron chi connectivity index (χ3n) is 2.81. The number of nitrogens with one attached hydrogen (secondary N) is 1. The Morgan fingerprint density at radius 1 is 1.00 bits per heavy atom. The second-order valence-electron chi connectivity index (χ2n) is 4.67. The van der Waals surface area contributed by atoms with E-state index in [1.54, 1.807) is 0 Å². The highest BCUT2D eigenvalue weighted by Gasteiger charge is 1.98. The minimum atomic E-state index is 0.795. The molecule has 2 aromatic rings. The topological polar surface area (TPSA) is 13.7 Å². The van der Waals surface area contributed by atoms with Gasteiger partial charge in [-0.3, -0.25) is 0 Å². The van der Waals surface area contributed by atoms with Crippen LogP contribution in [0.25, 0.3) is 10.8 Å². The Kier molecular flexibility index (Phi) is 3.99. The molecule has 0 spiro atoms. The van der Waals surface area contributed by atoms with Gasteiger partial charge in [0.05, 0.1) is 27.2 Å². The van der Waals surface area contributed by atoms with Gasteiger partial charge in [0, 0.05) is 6.42 Å². The summed E-state index contributed by atoms with van der Waals surface area (Å²) >= 11 is 0. The molecular formula is C15H20NO+. The first-order valence-corrected chi connectivity index (χ1v) is 6.16. The normalized spacial score (nSPS) is 11.0. The van der Waals surface area contributed by atoms with Crippen molar-refractivity contribution >= 4 is 10.8 Å². The summed E-state index contributed by atoms with van der Waals surface area (Å²) in [6, 6.07) is 14.6. The van der Waals surface area contributed by atoms with Gasteiger partial charge in [-0.15, -0.1) is 0 Å². The molecule has 90 valence electrons. The van der Waals surface area contributed by atoms with Crippen molar-refractivity contribution in [1.82, 2.24) is 0 Å². The van der Waals surface area contributed by atoms with Crippen LogP contribution in [0, 0.1) is 0 Å². The minimum Gasteiger partial charge on any atom is -0.493 e. The maximum absolute atomic E-state index is 5.75. The summed E-state index contributed by atoms with van der Waals surface area (Å²) in [5.41, 5.74) is 0. The lowest BCUT2D eigenvalue weighted by Crippen LogP contribution is -3.05. The molecule has 0 aliphatic carbocycles. The van der Waals surface area contributed by atoms with Crippen molar-refractivity contribution in [3.05, 3.63) is 42.5 Å². The van der Waals surface area contributed by atoms with Gasteiger partial charge in [0.1, 0.15) is 5.75 Å². The Morgan fingerprint density at radius 3 is 2.53 bits per heavy atom. The molecule has 0 atom stereocenters. The maximum atomic E-state index is 5.75. The standard InChI is InChI=1S/C15H19NO/c1-16(2)10-5-11-17-15-9-8-13-6-3-4-7-14(13)12-15/h3-4,6-9,12H,5,10-11H2,1-2H3/p+1. The Balaban J connectivity index is 1.95. The number of benzene rings is 2. The summed E-state index contributed by atoms with van der Waals surface area (Å²) in [5, 5.41) is 2.50. The van der Waals surface area contributed by atoms with Gasteiger partial charge >= 0.3 is 0 Å². The average Bonchev–Trinajstić information content (AvgIpc) is 2.34. The van der Waals surface area contributed by atoms with Gasteiger partial charge in [0.15, 0.2) is 0 Å². The van der Waals surface area contributed by atoms with Crippen molar-refractivity contribution in [3.8, 4) is 5.75 Å². The van der Waals surface area contributed by atoms with Gasteiger partial charge in [-0.05, 0) is 22.9 Å². The number of fused-ring (bicyclic) bond motifs is 1. The molecule has 0 unspecified atom stereocenters. The zero-order valence-corrected chi connectivity index (χ0v) is 10.6. The highest BCUT2D eigenvalue weighted by molar-refractivity contribution is 5.83. The number of ether oxygens (including phenoxy) is 1. The number of rotatable bonds is 5. The van der Waals surface area contributed by atoms with Crippen LogP contribution in [0.15, 0.2) is 42.5 Å². The van der Waals surface area contributed by atoms with E-state index in [9.17, 15) is 0 Å². The molecular weight excluding hydrogens is 210 g/mol.